The third-order valence-corrected chi connectivity index (χ3v) is 3.54. The van der Waals surface area contributed by atoms with E-state index < -0.39 is 0 Å². The number of ketones is 1. The number of fused-ring (bicyclic) bond motifs is 1. The maximum absolute atomic E-state index is 12.3. The molecule has 0 saturated carbocycles. The minimum atomic E-state index is 0.0455. The molecule has 3 rings (SSSR count). The summed E-state index contributed by atoms with van der Waals surface area (Å²) in [6.45, 7) is 2.68. The van der Waals surface area contributed by atoms with Gasteiger partial charge in [-0.15, -0.1) is 0 Å². The molecule has 0 aromatic heterocycles. The average molecular weight is 232 g/mol. The summed E-state index contributed by atoms with van der Waals surface area (Å²) in [4.78, 5) is 12.3. The van der Waals surface area contributed by atoms with Gasteiger partial charge in [-0.3, -0.25) is 4.79 Å². The second-order valence-electron chi connectivity index (χ2n) is 4.75. The number of rotatable bonds is 2. The van der Waals surface area contributed by atoms with Crippen LogP contribution in [0.15, 0.2) is 18.2 Å². The van der Waals surface area contributed by atoms with Crippen molar-refractivity contribution in [1.82, 2.24) is 0 Å². The maximum atomic E-state index is 12.3. The molecule has 0 bridgehead atoms. The lowest BCUT2D eigenvalue weighted by Crippen LogP contribution is -2.25. The van der Waals surface area contributed by atoms with Crippen molar-refractivity contribution in [2.75, 3.05) is 13.2 Å². The highest BCUT2D eigenvalue weighted by atomic mass is 16.5. The Labute approximate surface area is 101 Å². The third kappa shape index (κ3) is 2.13. The molecule has 1 unspecified atom stereocenters. The summed E-state index contributed by atoms with van der Waals surface area (Å²) in [5, 5.41) is 0. The quantitative estimate of drug-likeness (QED) is 0.734. The second-order valence-corrected chi connectivity index (χ2v) is 4.75. The van der Waals surface area contributed by atoms with Crippen LogP contribution in [0.25, 0.3) is 0 Å². The molecule has 1 aromatic rings. The first kappa shape index (κ1) is 10.9. The molecule has 0 radical (unpaired) electrons. The van der Waals surface area contributed by atoms with Crippen molar-refractivity contribution in [3.8, 4) is 0 Å². The standard InChI is InChI=1S/C14H16O3/c15-14(12-2-1-5-16-8-12)10-3-4-11-7-17-9-13(11)6-10/h3-4,6,12H,1-2,5,7-9H2. The summed E-state index contributed by atoms with van der Waals surface area (Å²) in [7, 11) is 0. The van der Waals surface area contributed by atoms with Gasteiger partial charge in [0.05, 0.1) is 19.8 Å². The first-order chi connectivity index (χ1) is 8.34. The van der Waals surface area contributed by atoms with Gasteiger partial charge in [0.15, 0.2) is 5.78 Å². The van der Waals surface area contributed by atoms with Gasteiger partial charge in [0.1, 0.15) is 0 Å². The molecule has 0 N–H and O–H groups in total. The Morgan fingerprint density at radius 3 is 2.88 bits per heavy atom. The SMILES string of the molecule is O=C(c1ccc2c(c1)COC2)C1CCCOC1. The van der Waals surface area contributed by atoms with Crippen molar-refractivity contribution in [3.63, 3.8) is 0 Å². The van der Waals surface area contributed by atoms with Gasteiger partial charge in [0.25, 0.3) is 0 Å². The summed E-state index contributed by atoms with van der Waals surface area (Å²) in [5.41, 5.74) is 3.18. The van der Waals surface area contributed by atoms with Crippen LogP contribution in [-0.4, -0.2) is 19.0 Å². The van der Waals surface area contributed by atoms with E-state index in [9.17, 15) is 4.79 Å². The van der Waals surface area contributed by atoms with Gasteiger partial charge in [-0.05, 0) is 30.0 Å². The summed E-state index contributed by atoms with van der Waals surface area (Å²) >= 11 is 0. The molecule has 2 heterocycles. The molecule has 2 aliphatic rings. The summed E-state index contributed by atoms with van der Waals surface area (Å²) in [6, 6.07) is 5.92. The van der Waals surface area contributed by atoms with Crippen LogP contribution in [-0.2, 0) is 22.7 Å². The monoisotopic (exact) mass is 232 g/mol. The molecule has 1 fully saturated rings. The van der Waals surface area contributed by atoms with E-state index in [4.69, 9.17) is 9.47 Å². The van der Waals surface area contributed by atoms with Crippen molar-refractivity contribution in [3.05, 3.63) is 34.9 Å². The van der Waals surface area contributed by atoms with Crippen LogP contribution >= 0.6 is 0 Å². The van der Waals surface area contributed by atoms with Crippen molar-refractivity contribution in [2.24, 2.45) is 5.92 Å². The van der Waals surface area contributed by atoms with Gasteiger partial charge in [0.2, 0.25) is 0 Å². The van der Waals surface area contributed by atoms with Gasteiger partial charge in [-0.1, -0.05) is 12.1 Å². The number of carbonyl (C=O) groups excluding carboxylic acids is 1. The number of benzene rings is 1. The molecule has 3 heteroatoms. The number of carbonyl (C=O) groups is 1. The zero-order valence-electron chi connectivity index (χ0n) is 9.78. The number of hydrogen-bond acceptors (Lipinski definition) is 3. The lowest BCUT2D eigenvalue weighted by Gasteiger charge is -2.21. The van der Waals surface area contributed by atoms with Gasteiger partial charge in [0, 0.05) is 18.1 Å². The Balaban J connectivity index is 1.81. The Bertz CT molecular complexity index is 433. The van der Waals surface area contributed by atoms with Crippen molar-refractivity contribution >= 4 is 5.78 Å². The normalized spacial score (nSPS) is 23.4. The van der Waals surface area contributed by atoms with Crippen molar-refractivity contribution in [1.29, 1.82) is 0 Å². The van der Waals surface area contributed by atoms with Crippen LogP contribution in [0.3, 0.4) is 0 Å². The largest absolute Gasteiger partial charge is 0.381 e. The van der Waals surface area contributed by atoms with E-state index >= 15 is 0 Å². The first-order valence-electron chi connectivity index (χ1n) is 6.16. The Morgan fingerprint density at radius 1 is 1.18 bits per heavy atom. The van der Waals surface area contributed by atoms with Crippen LogP contribution in [0.2, 0.25) is 0 Å². The fourth-order valence-corrected chi connectivity index (χ4v) is 2.51. The lowest BCUT2D eigenvalue weighted by molar-refractivity contribution is 0.0461. The van der Waals surface area contributed by atoms with Gasteiger partial charge in [-0.2, -0.15) is 0 Å². The predicted octanol–water partition coefficient (Wildman–Crippen LogP) is 2.33. The molecule has 1 atom stereocenters. The van der Waals surface area contributed by atoms with Gasteiger partial charge < -0.3 is 9.47 Å². The van der Waals surface area contributed by atoms with E-state index in [-0.39, 0.29) is 11.7 Å². The van der Waals surface area contributed by atoms with Gasteiger partial charge in [-0.25, -0.2) is 0 Å². The number of Topliss-reactive ketones (excluding diaryl/α,β-unsaturated/α-hetero) is 1. The van der Waals surface area contributed by atoms with E-state index in [0.29, 0.717) is 19.8 Å². The molecule has 0 aliphatic carbocycles. The molecule has 17 heavy (non-hydrogen) atoms. The Morgan fingerprint density at radius 2 is 2.06 bits per heavy atom. The van der Waals surface area contributed by atoms with Crippen molar-refractivity contribution in [2.45, 2.75) is 26.1 Å². The summed E-state index contributed by atoms with van der Waals surface area (Å²) < 4.78 is 10.7. The average Bonchev–Trinajstić information content (AvgIpc) is 2.86. The molecule has 1 saturated heterocycles. The Kier molecular flexibility index (Phi) is 2.95. The van der Waals surface area contributed by atoms with E-state index in [2.05, 4.69) is 0 Å². The molecule has 90 valence electrons. The third-order valence-electron chi connectivity index (χ3n) is 3.54. The van der Waals surface area contributed by atoms with Crippen LogP contribution in [0.5, 0.6) is 0 Å². The number of hydrogen-bond donors (Lipinski definition) is 0. The van der Waals surface area contributed by atoms with E-state index in [1.165, 1.54) is 5.56 Å². The minimum absolute atomic E-state index is 0.0455. The molecule has 0 spiro atoms. The first-order valence-corrected chi connectivity index (χ1v) is 6.16. The molecule has 0 amide bonds. The minimum Gasteiger partial charge on any atom is -0.381 e. The van der Waals surface area contributed by atoms with Crippen LogP contribution in [0.1, 0.15) is 34.3 Å². The smallest absolute Gasteiger partial charge is 0.168 e. The van der Waals surface area contributed by atoms with E-state index in [1.807, 2.05) is 18.2 Å². The molecule has 1 aromatic carbocycles. The van der Waals surface area contributed by atoms with Crippen LogP contribution in [0, 0.1) is 5.92 Å². The fraction of sp³-hybridized carbons (Fsp3) is 0.500. The molecule has 3 nitrogen and oxygen atoms in total. The Hall–Kier alpha value is -1.19. The summed E-state index contributed by atoms with van der Waals surface area (Å²) in [6.07, 6.45) is 1.94. The lowest BCUT2D eigenvalue weighted by atomic mass is 9.91. The highest BCUT2D eigenvalue weighted by molar-refractivity contribution is 5.98. The van der Waals surface area contributed by atoms with Gasteiger partial charge >= 0.3 is 0 Å². The zero-order valence-corrected chi connectivity index (χ0v) is 9.78. The highest BCUT2D eigenvalue weighted by Crippen LogP contribution is 2.24. The van der Waals surface area contributed by atoms with Crippen LogP contribution in [0.4, 0.5) is 0 Å². The van der Waals surface area contributed by atoms with Crippen molar-refractivity contribution < 1.29 is 14.3 Å². The van der Waals surface area contributed by atoms with E-state index in [1.54, 1.807) is 0 Å². The topological polar surface area (TPSA) is 35.5 Å². The highest BCUT2D eigenvalue weighted by Gasteiger charge is 2.24. The molecule has 2 aliphatic heterocycles. The fourth-order valence-electron chi connectivity index (χ4n) is 2.51. The predicted molar refractivity (Wildman–Crippen MR) is 62.8 cm³/mol. The molecular weight excluding hydrogens is 216 g/mol. The van der Waals surface area contributed by atoms with Crippen LogP contribution < -0.4 is 0 Å². The maximum Gasteiger partial charge on any atom is 0.168 e. The summed E-state index contributed by atoms with van der Waals surface area (Å²) in [5.74, 6) is 0.267. The van der Waals surface area contributed by atoms with E-state index in [0.717, 1.165) is 30.6 Å². The number of ether oxygens (including phenoxy) is 2. The second kappa shape index (κ2) is 4.59. The zero-order chi connectivity index (χ0) is 11.7. The molecular formula is C14H16O3.